The minimum absolute atomic E-state index is 0.294. The standard InChI is InChI=1S/C18H20/c1-13-8-11-17(18(13,2)3)16-10-9-14-6-4-5-7-15(14)12-16/h4-7,9-13H,8H2,1-3H3. The zero-order chi connectivity index (χ0) is 12.8. The van der Waals surface area contributed by atoms with E-state index in [9.17, 15) is 0 Å². The van der Waals surface area contributed by atoms with Crippen molar-refractivity contribution in [1.29, 1.82) is 0 Å². The van der Waals surface area contributed by atoms with E-state index in [2.05, 4.69) is 69.3 Å². The summed E-state index contributed by atoms with van der Waals surface area (Å²) in [5.74, 6) is 0.735. The van der Waals surface area contributed by atoms with Crippen molar-refractivity contribution < 1.29 is 0 Å². The average Bonchev–Trinajstić information content (AvgIpc) is 2.64. The van der Waals surface area contributed by atoms with Gasteiger partial charge in [-0.2, -0.15) is 0 Å². The normalized spacial score (nSPS) is 22.2. The van der Waals surface area contributed by atoms with Gasteiger partial charge in [0.05, 0.1) is 0 Å². The van der Waals surface area contributed by atoms with Gasteiger partial charge in [-0.15, -0.1) is 0 Å². The van der Waals surface area contributed by atoms with Crippen molar-refractivity contribution >= 4 is 16.3 Å². The van der Waals surface area contributed by atoms with Crippen LogP contribution in [0.1, 0.15) is 32.8 Å². The van der Waals surface area contributed by atoms with E-state index in [1.165, 1.54) is 28.3 Å². The third-order valence-corrected chi connectivity index (χ3v) is 4.66. The zero-order valence-corrected chi connectivity index (χ0v) is 11.4. The highest BCUT2D eigenvalue weighted by atomic mass is 14.4. The molecule has 0 saturated heterocycles. The molecule has 0 heteroatoms. The van der Waals surface area contributed by atoms with Gasteiger partial charge < -0.3 is 0 Å². The zero-order valence-electron chi connectivity index (χ0n) is 11.4. The monoisotopic (exact) mass is 236 g/mol. The molecule has 1 unspecified atom stereocenters. The van der Waals surface area contributed by atoms with E-state index in [0.29, 0.717) is 5.41 Å². The number of hydrogen-bond donors (Lipinski definition) is 0. The van der Waals surface area contributed by atoms with Gasteiger partial charge in [0.25, 0.3) is 0 Å². The van der Waals surface area contributed by atoms with Gasteiger partial charge in [-0.3, -0.25) is 0 Å². The summed E-state index contributed by atoms with van der Waals surface area (Å²) in [4.78, 5) is 0. The summed E-state index contributed by atoms with van der Waals surface area (Å²) >= 11 is 0. The van der Waals surface area contributed by atoms with Crippen molar-refractivity contribution in [3.63, 3.8) is 0 Å². The predicted octanol–water partition coefficient (Wildman–Crippen LogP) is 5.29. The highest BCUT2D eigenvalue weighted by Gasteiger charge is 2.34. The Morgan fingerprint density at radius 3 is 2.39 bits per heavy atom. The van der Waals surface area contributed by atoms with Crippen molar-refractivity contribution in [2.24, 2.45) is 11.3 Å². The van der Waals surface area contributed by atoms with Crippen LogP contribution < -0.4 is 0 Å². The second-order valence-corrected chi connectivity index (χ2v) is 6.04. The van der Waals surface area contributed by atoms with Crippen LogP contribution in [-0.2, 0) is 0 Å². The van der Waals surface area contributed by atoms with Crippen LogP contribution >= 0.6 is 0 Å². The predicted molar refractivity (Wildman–Crippen MR) is 79.5 cm³/mol. The Balaban J connectivity index is 2.11. The quantitative estimate of drug-likeness (QED) is 0.631. The molecular formula is C18H20. The van der Waals surface area contributed by atoms with Crippen LogP contribution in [0.15, 0.2) is 48.5 Å². The first kappa shape index (κ1) is 11.5. The van der Waals surface area contributed by atoms with Crippen LogP contribution in [0.2, 0.25) is 0 Å². The largest absolute Gasteiger partial charge is 0.0799 e. The second kappa shape index (κ2) is 3.98. The lowest BCUT2D eigenvalue weighted by Crippen LogP contribution is -2.17. The van der Waals surface area contributed by atoms with Gasteiger partial charge in [0, 0.05) is 0 Å². The molecule has 1 atom stereocenters. The molecule has 2 aromatic rings. The molecular weight excluding hydrogens is 216 g/mol. The first-order chi connectivity index (χ1) is 8.59. The fourth-order valence-electron chi connectivity index (χ4n) is 2.96. The number of allylic oxidation sites excluding steroid dienone is 2. The Morgan fingerprint density at radius 1 is 1.00 bits per heavy atom. The van der Waals surface area contributed by atoms with Gasteiger partial charge >= 0.3 is 0 Å². The van der Waals surface area contributed by atoms with E-state index in [-0.39, 0.29) is 0 Å². The van der Waals surface area contributed by atoms with Gasteiger partial charge in [0.15, 0.2) is 0 Å². The Labute approximate surface area is 109 Å². The molecule has 0 bridgehead atoms. The first-order valence-electron chi connectivity index (χ1n) is 6.79. The van der Waals surface area contributed by atoms with Crippen LogP contribution in [0.25, 0.3) is 16.3 Å². The van der Waals surface area contributed by atoms with Gasteiger partial charge in [-0.05, 0) is 45.7 Å². The molecule has 0 aliphatic heterocycles. The molecule has 92 valence electrons. The SMILES string of the molecule is CC1CC=C(c2ccc3ccccc3c2)C1(C)C. The lowest BCUT2D eigenvalue weighted by Gasteiger charge is -2.28. The van der Waals surface area contributed by atoms with Crippen molar-refractivity contribution in [2.45, 2.75) is 27.2 Å². The number of benzene rings is 2. The molecule has 2 aromatic carbocycles. The van der Waals surface area contributed by atoms with Crippen LogP contribution in [0.3, 0.4) is 0 Å². The van der Waals surface area contributed by atoms with E-state index in [1.54, 1.807) is 0 Å². The van der Waals surface area contributed by atoms with Gasteiger partial charge in [0.1, 0.15) is 0 Å². The van der Waals surface area contributed by atoms with Crippen LogP contribution in [0, 0.1) is 11.3 Å². The third kappa shape index (κ3) is 1.68. The molecule has 1 aliphatic carbocycles. The highest BCUT2D eigenvalue weighted by molar-refractivity contribution is 5.87. The van der Waals surface area contributed by atoms with Gasteiger partial charge in [-0.25, -0.2) is 0 Å². The molecule has 18 heavy (non-hydrogen) atoms. The highest BCUT2D eigenvalue weighted by Crippen LogP contribution is 2.48. The maximum Gasteiger partial charge on any atom is -0.00722 e. The number of fused-ring (bicyclic) bond motifs is 1. The molecule has 0 nitrogen and oxygen atoms in total. The van der Waals surface area contributed by atoms with Crippen molar-refractivity contribution in [3.05, 3.63) is 54.1 Å². The summed E-state index contributed by atoms with van der Waals surface area (Å²) in [6, 6.07) is 15.4. The maximum atomic E-state index is 2.43. The minimum atomic E-state index is 0.294. The topological polar surface area (TPSA) is 0 Å². The fraction of sp³-hybridized carbons (Fsp3) is 0.333. The summed E-state index contributed by atoms with van der Waals surface area (Å²) in [5.41, 5.74) is 3.20. The van der Waals surface area contributed by atoms with Crippen molar-refractivity contribution in [2.75, 3.05) is 0 Å². The molecule has 0 amide bonds. The van der Waals surface area contributed by atoms with Gasteiger partial charge in [0.2, 0.25) is 0 Å². The Bertz CT molecular complexity index is 617. The van der Waals surface area contributed by atoms with Crippen molar-refractivity contribution in [3.8, 4) is 0 Å². The number of rotatable bonds is 1. The van der Waals surface area contributed by atoms with Crippen molar-refractivity contribution in [1.82, 2.24) is 0 Å². The van der Waals surface area contributed by atoms with E-state index >= 15 is 0 Å². The van der Waals surface area contributed by atoms with E-state index in [1.807, 2.05) is 0 Å². The van der Waals surface area contributed by atoms with Crippen LogP contribution in [0.5, 0.6) is 0 Å². The first-order valence-corrected chi connectivity index (χ1v) is 6.79. The lowest BCUT2D eigenvalue weighted by atomic mass is 9.76. The Morgan fingerprint density at radius 2 is 1.72 bits per heavy atom. The molecule has 0 aromatic heterocycles. The maximum absolute atomic E-state index is 2.43. The van der Waals surface area contributed by atoms with E-state index < -0.39 is 0 Å². The molecule has 3 rings (SSSR count). The molecule has 0 fully saturated rings. The molecule has 0 heterocycles. The smallest absolute Gasteiger partial charge is 0.00722 e. The molecule has 0 spiro atoms. The Kier molecular flexibility index (Phi) is 2.55. The Hall–Kier alpha value is -1.56. The molecule has 0 N–H and O–H groups in total. The van der Waals surface area contributed by atoms with E-state index in [0.717, 1.165) is 5.92 Å². The summed E-state index contributed by atoms with van der Waals surface area (Å²) in [6.07, 6.45) is 3.63. The molecule has 1 aliphatic rings. The lowest BCUT2D eigenvalue weighted by molar-refractivity contribution is 0.348. The number of hydrogen-bond acceptors (Lipinski definition) is 0. The third-order valence-electron chi connectivity index (χ3n) is 4.66. The summed E-state index contributed by atoms with van der Waals surface area (Å²) in [5, 5.41) is 2.66. The van der Waals surface area contributed by atoms with E-state index in [4.69, 9.17) is 0 Å². The fourth-order valence-corrected chi connectivity index (χ4v) is 2.96. The van der Waals surface area contributed by atoms with Gasteiger partial charge in [-0.1, -0.05) is 63.2 Å². The minimum Gasteiger partial charge on any atom is -0.0799 e. The molecule has 0 radical (unpaired) electrons. The summed E-state index contributed by atoms with van der Waals surface area (Å²) < 4.78 is 0. The summed E-state index contributed by atoms with van der Waals surface area (Å²) in [7, 11) is 0. The molecule has 0 saturated carbocycles. The average molecular weight is 236 g/mol. The summed E-state index contributed by atoms with van der Waals surface area (Å²) in [6.45, 7) is 7.09. The van der Waals surface area contributed by atoms with Crippen LogP contribution in [0.4, 0.5) is 0 Å². The van der Waals surface area contributed by atoms with Crippen LogP contribution in [-0.4, -0.2) is 0 Å². The second-order valence-electron chi connectivity index (χ2n) is 6.04.